The largest absolute Gasteiger partial charge is 0.480 e. The average molecular weight is 327 g/mol. The van der Waals surface area contributed by atoms with Gasteiger partial charge in [-0.1, -0.05) is 26.8 Å². The lowest BCUT2D eigenvalue weighted by Crippen LogP contribution is -2.21. The standard InChI is InChI=1S/C18H21N3O3/c1-4-14-17(24-13-9-7-8-12(10-13)11-19)15(5-2)21(20-14)16(6-3)18(22)23/h7-10,16H,4-6H2,1-3H3,(H,22,23). The van der Waals surface area contributed by atoms with E-state index in [1.165, 1.54) is 0 Å². The van der Waals surface area contributed by atoms with Crippen LogP contribution in [0.25, 0.3) is 0 Å². The van der Waals surface area contributed by atoms with Crippen LogP contribution in [-0.2, 0) is 17.6 Å². The van der Waals surface area contributed by atoms with Crippen LogP contribution in [0.4, 0.5) is 0 Å². The summed E-state index contributed by atoms with van der Waals surface area (Å²) < 4.78 is 7.55. The van der Waals surface area contributed by atoms with Crippen LogP contribution in [0.15, 0.2) is 24.3 Å². The normalized spacial score (nSPS) is 11.8. The molecule has 0 radical (unpaired) electrons. The van der Waals surface area contributed by atoms with Gasteiger partial charge in [-0.3, -0.25) is 4.68 Å². The van der Waals surface area contributed by atoms with Gasteiger partial charge in [-0.2, -0.15) is 10.4 Å². The lowest BCUT2D eigenvalue weighted by atomic mass is 10.2. The lowest BCUT2D eigenvalue weighted by Gasteiger charge is -2.14. The zero-order chi connectivity index (χ0) is 17.7. The van der Waals surface area contributed by atoms with E-state index in [2.05, 4.69) is 11.2 Å². The van der Waals surface area contributed by atoms with E-state index in [0.717, 1.165) is 5.69 Å². The minimum atomic E-state index is -0.907. The molecule has 0 aliphatic heterocycles. The van der Waals surface area contributed by atoms with E-state index in [0.29, 0.717) is 42.0 Å². The summed E-state index contributed by atoms with van der Waals surface area (Å²) in [5.74, 6) is 0.228. The summed E-state index contributed by atoms with van der Waals surface area (Å²) in [6.07, 6.45) is 1.67. The summed E-state index contributed by atoms with van der Waals surface area (Å²) in [6.45, 7) is 5.72. The number of benzene rings is 1. The molecule has 1 N–H and O–H groups in total. The molecule has 0 bridgehead atoms. The number of aryl methyl sites for hydroxylation is 1. The van der Waals surface area contributed by atoms with Crippen LogP contribution >= 0.6 is 0 Å². The second-order valence-corrected chi connectivity index (χ2v) is 5.38. The topological polar surface area (TPSA) is 88.1 Å². The number of aliphatic carboxylic acids is 1. The summed E-state index contributed by atoms with van der Waals surface area (Å²) in [7, 11) is 0. The smallest absolute Gasteiger partial charge is 0.328 e. The van der Waals surface area contributed by atoms with Crippen LogP contribution in [0.5, 0.6) is 11.5 Å². The maximum atomic E-state index is 11.5. The Labute approximate surface area is 141 Å². The molecule has 1 heterocycles. The van der Waals surface area contributed by atoms with Gasteiger partial charge >= 0.3 is 5.97 Å². The minimum Gasteiger partial charge on any atom is -0.480 e. The number of hydrogen-bond acceptors (Lipinski definition) is 4. The van der Waals surface area contributed by atoms with Crippen LogP contribution < -0.4 is 4.74 Å². The lowest BCUT2D eigenvalue weighted by molar-refractivity contribution is -0.141. The quantitative estimate of drug-likeness (QED) is 0.837. The second-order valence-electron chi connectivity index (χ2n) is 5.38. The molecule has 0 fully saturated rings. The first-order valence-corrected chi connectivity index (χ1v) is 8.06. The van der Waals surface area contributed by atoms with Crippen molar-refractivity contribution < 1.29 is 14.6 Å². The number of rotatable bonds is 7. The second kappa shape index (κ2) is 7.64. The molecule has 1 aromatic carbocycles. The molecule has 6 heteroatoms. The number of nitriles is 1. The molecule has 0 amide bonds. The Morgan fingerprint density at radius 1 is 1.38 bits per heavy atom. The highest BCUT2D eigenvalue weighted by Gasteiger charge is 2.26. The van der Waals surface area contributed by atoms with Crippen molar-refractivity contribution in [1.29, 1.82) is 5.26 Å². The molecule has 0 aliphatic rings. The van der Waals surface area contributed by atoms with Gasteiger partial charge in [0.2, 0.25) is 0 Å². The van der Waals surface area contributed by atoms with Gasteiger partial charge in [-0.25, -0.2) is 4.79 Å². The Morgan fingerprint density at radius 3 is 2.67 bits per heavy atom. The zero-order valence-electron chi connectivity index (χ0n) is 14.1. The minimum absolute atomic E-state index is 0.441. The molecule has 126 valence electrons. The van der Waals surface area contributed by atoms with Crippen molar-refractivity contribution in [1.82, 2.24) is 9.78 Å². The monoisotopic (exact) mass is 327 g/mol. The van der Waals surface area contributed by atoms with E-state index in [9.17, 15) is 9.90 Å². The van der Waals surface area contributed by atoms with Gasteiger partial charge in [0.1, 0.15) is 17.5 Å². The molecule has 2 rings (SSSR count). The number of carbonyl (C=O) groups is 1. The summed E-state index contributed by atoms with van der Waals surface area (Å²) >= 11 is 0. The first kappa shape index (κ1) is 17.5. The Bertz CT molecular complexity index is 774. The van der Waals surface area contributed by atoms with Crippen molar-refractivity contribution in [3.8, 4) is 17.6 Å². The maximum absolute atomic E-state index is 11.5. The summed E-state index contributed by atoms with van der Waals surface area (Å²) in [5.41, 5.74) is 1.98. The summed E-state index contributed by atoms with van der Waals surface area (Å²) in [4.78, 5) is 11.5. The molecule has 1 aromatic heterocycles. The summed E-state index contributed by atoms with van der Waals surface area (Å²) in [5, 5.41) is 22.9. The predicted molar refractivity (Wildman–Crippen MR) is 89.2 cm³/mol. The molecule has 1 unspecified atom stereocenters. The van der Waals surface area contributed by atoms with E-state index >= 15 is 0 Å². The number of aromatic nitrogens is 2. The third-order valence-corrected chi connectivity index (χ3v) is 3.85. The third kappa shape index (κ3) is 3.40. The molecule has 0 saturated carbocycles. The highest BCUT2D eigenvalue weighted by atomic mass is 16.5. The van der Waals surface area contributed by atoms with Gasteiger partial charge in [0.25, 0.3) is 0 Å². The number of carboxylic acid groups (broad SMARTS) is 1. The van der Waals surface area contributed by atoms with E-state index in [4.69, 9.17) is 10.00 Å². The molecule has 24 heavy (non-hydrogen) atoms. The summed E-state index contributed by atoms with van der Waals surface area (Å²) in [6, 6.07) is 8.25. The number of ether oxygens (including phenoxy) is 1. The maximum Gasteiger partial charge on any atom is 0.328 e. The van der Waals surface area contributed by atoms with Crippen molar-refractivity contribution in [2.45, 2.75) is 46.1 Å². The van der Waals surface area contributed by atoms with Crippen LogP contribution in [0.2, 0.25) is 0 Å². The Hall–Kier alpha value is -2.81. The van der Waals surface area contributed by atoms with Gasteiger partial charge in [0, 0.05) is 0 Å². The highest BCUT2D eigenvalue weighted by molar-refractivity contribution is 5.72. The van der Waals surface area contributed by atoms with Crippen LogP contribution in [-0.4, -0.2) is 20.9 Å². The fourth-order valence-corrected chi connectivity index (χ4v) is 2.64. The number of carboxylic acids is 1. The Kier molecular flexibility index (Phi) is 5.59. The third-order valence-electron chi connectivity index (χ3n) is 3.85. The van der Waals surface area contributed by atoms with Crippen LogP contribution in [0.1, 0.15) is 50.2 Å². The van der Waals surface area contributed by atoms with Gasteiger partial charge in [-0.15, -0.1) is 0 Å². The van der Waals surface area contributed by atoms with Gasteiger partial charge in [0.15, 0.2) is 5.75 Å². The van der Waals surface area contributed by atoms with E-state index in [1.54, 1.807) is 28.9 Å². The molecule has 2 aromatic rings. The van der Waals surface area contributed by atoms with Crippen molar-refractivity contribution >= 4 is 5.97 Å². The Balaban J connectivity index is 2.50. The number of nitrogens with zero attached hydrogens (tertiary/aromatic N) is 3. The average Bonchev–Trinajstić information content (AvgIpc) is 2.92. The SMILES string of the molecule is CCc1nn(C(CC)C(=O)O)c(CC)c1Oc1cccc(C#N)c1. The Morgan fingerprint density at radius 2 is 2.12 bits per heavy atom. The molecule has 0 saturated heterocycles. The fourth-order valence-electron chi connectivity index (χ4n) is 2.64. The molecular formula is C18H21N3O3. The van der Waals surface area contributed by atoms with E-state index in [1.807, 2.05) is 20.8 Å². The van der Waals surface area contributed by atoms with Crippen molar-refractivity contribution in [3.63, 3.8) is 0 Å². The molecule has 0 aliphatic carbocycles. The first-order valence-electron chi connectivity index (χ1n) is 8.06. The van der Waals surface area contributed by atoms with Crippen LogP contribution in [0, 0.1) is 11.3 Å². The van der Waals surface area contributed by atoms with Gasteiger partial charge in [0.05, 0.1) is 17.3 Å². The molecule has 0 spiro atoms. The van der Waals surface area contributed by atoms with Gasteiger partial charge in [-0.05, 0) is 37.5 Å². The van der Waals surface area contributed by atoms with E-state index < -0.39 is 12.0 Å². The fraction of sp³-hybridized carbons (Fsp3) is 0.389. The van der Waals surface area contributed by atoms with Gasteiger partial charge < -0.3 is 9.84 Å². The zero-order valence-corrected chi connectivity index (χ0v) is 14.1. The van der Waals surface area contributed by atoms with E-state index in [-0.39, 0.29) is 0 Å². The molecule has 6 nitrogen and oxygen atoms in total. The van der Waals surface area contributed by atoms with Crippen molar-refractivity contribution in [2.75, 3.05) is 0 Å². The van der Waals surface area contributed by atoms with Crippen molar-refractivity contribution in [3.05, 3.63) is 41.2 Å². The van der Waals surface area contributed by atoms with Crippen molar-refractivity contribution in [2.24, 2.45) is 0 Å². The molecule has 1 atom stereocenters. The first-order chi connectivity index (χ1) is 11.5. The highest BCUT2D eigenvalue weighted by Crippen LogP contribution is 2.33. The molecular weight excluding hydrogens is 306 g/mol. The number of hydrogen-bond donors (Lipinski definition) is 1. The van der Waals surface area contributed by atoms with Crippen LogP contribution in [0.3, 0.4) is 0 Å². The predicted octanol–water partition coefficient (Wildman–Crippen LogP) is 3.71.